The summed E-state index contributed by atoms with van der Waals surface area (Å²) in [5.41, 5.74) is 2.24. The van der Waals surface area contributed by atoms with Crippen LogP contribution in [0.15, 0.2) is 30.4 Å². The third-order valence-electron chi connectivity index (χ3n) is 4.71. The fraction of sp³-hybridized carbons (Fsp3) is 0.476. The summed E-state index contributed by atoms with van der Waals surface area (Å²) in [6.45, 7) is 7.22. The number of amides is 2. The molecular formula is C21H27NO4. The van der Waals surface area contributed by atoms with Gasteiger partial charge in [-0.2, -0.15) is 0 Å². The second kappa shape index (κ2) is 8.90. The van der Waals surface area contributed by atoms with E-state index < -0.39 is 18.0 Å². The predicted octanol–water partition coefficient (Wildman–Crippen LogP) is 3.79. The van der Waals surface area contributed by atoms with E-state index in [0.29, 0.717) is 29.5 Å². The minimum atomic E-state index is -1.09. The summed E-state index contributed by atoms with van der Waals surface area (Å²) in [5, 5.41) is 10.3. The molecule has 2 rings (SSSR count). The maximum absolute atomic E-state index is 12.4. The Morgan fingerprint density at radius 3 is 2.38 bits per heavy atom. The summed E-state index contributed by atoms with van der Waals surface area (Å²) in [6, 6.07) is 5.12. The number of Topliss-reactive ketones (excluding diaryl/α,β-unsaturated/α-hetero) is 1. The number of aliphatic hydroxyl groups is 1. The van der Waals surface area contributed by atoms with Crippen LogP contribution >= 0.6 is 0 Å². The fourth-order valence-electron chi connectivity index (χ4n) is 3.13. The predicted molar refractivity (Wildman–Crippen MR) is 99.8 cm³/mol. The number of allylic oxidation sites excluding steroid dienone is 1. The third-order valence-corrected chi connectivity index (χ3v) is 4.71. The molecule has 26 heavy (non-hydrogen) atoms. The molecule has 1 atom stereocenters. The number of benzene rings is 1. The lowest BCUT2D eigenvalue weighted by Crippen LogP contribution is -2.39. The van der Waals surface area contributed by atoms with Gasteiger partial charge in [-0.05, 0) is 50.8 Å². The van der Waals surface area contributed by atoms with Gasteiger partial charge in [-0.1, -0.05) is 37.5 Å². The Balaban J connectivity index is 1.73. The number of carbonyl (C=O) groups excluding carboxylic acids is 3. The molecule has 0 aromatic heterocycles. The molecule has 5 nitrogen and oxygen atoms in total. The number of rotatable bonds is 10. The van der Waals surface area contributed by atoms with Crippen molar-refractivity contribution in [3.63, 3.8) is 0 Å². The van der Waals surface area contributed by atoms with Crippen molar-refractivity contribution in [2.24, 2.45) is 0 Å². The first-order chi connectivity index (χ1) is 12.3. The van der Waals surface area contributed by atoms with Crippen LogP contribution in [0.25, 0.3) is 0 Å². The molecule has 0 saturated heterocycles. The number of nitrogens with zero attached hydrogens (tertiary/aromatic N) is 1. The van der Waals surface area contributed by atoms with Crippen molar-refractivity contribution < 1.29 is 19.5 Å². The van der Waals surface area contributed by atoms with E-state index >= 15 is 0 Å². The minimum absolute atomic E-state index is 0.112. The molecule has 0 radical (unpaired) electrons. The van der Waals surface area contributed by atoms with E-state index in [0.717, 1.165) is 42.6 Å². The monoisotopic (exact) mass is 357 g/mol. The van der Waals surface area contributed by atoms with Gasteiger partial charge in [0.1, 0.15) is 6.23 Å². The minimum Gasteiger partial charge on any atom is -0.373 e. The summed E-state index contributed by atoms with van der Waals surface area (Å²) < 4.78 is 0. The molecule has 2 amide bonds. The molecule has 5 heteroatoms. The topological polar surface area (TPSA) is 74.7 Å². The molecule has 1 heterocycles. The van der Waals surface area contributed by atoms with Crippen molar-refractivity contribution in [2.75, 3.05) is 0 Å². The van der Waals surface area contributed by atoms with Crippen LogP contribution in [0.3, 0.4) is 0 Å². The molecule has 0 spiro atoms. The number of aryl methyl sites for hydroxylation is 1. The number of fused-ring (bicyclic) bond motifs is 1. The second-order valence-corrected chi connectivity index (χ2v) is 7.02. The average molecular weight is 357 g/mol. The van der Waals surface area contributed by atoms with Crippen molar-refractivity contribution >= 4 is 17.6 Å². The highest BCUT2D eigenvalue weighted by Crippen LogP contribution is 2.26. The molecule has 1 aromatic carbocycles. The average Bonchev–Trinajstić information content (AvgIpc) is 2.84. The molecule has 1 aliphatic heterocycles. The number of imide groups is 1. The Hall–Kier alpha value is -2.27. The summed E-state index contributed by atoms with van der Waals surface area (Å²) in [7, 11) is 0. The van der Waals surface area contributed by atoms with Crippen molar-refractivity contribution in [3.8, 4) is 0 Å². The number of ketones is 1. The van der Waals surface area contributed by atoms with E-state index in [-0.39, 0.29) is 5.78 Å². The zero-order valence-electron chi connectivity index (χ0n) is 15.6. The molecule has 1 unspecified atom stereocenters. The molecule has 0 aliphatic carbocycles. The van der Waals surface area contributed by atoms with Crippen LogP contribution in [-0.2, 0) is 4.79 Å². The van der Waals surface area contributed by atoms with Gasteiger partial charge >= 0.3 is 0 Å². The summed E-state index contributed by atoms with van der Waals surface area (Å²) >= 11 is 0. The van der Waals surface area contributed by atoms with Crippen LogP contribution in [0.1, 0.15) is 78.1 Å². The van der Waals surface area contributed by atoms with E-state index in [4.69, 9.17) is 0 Å². The van der Waals surface area contributed by atoms with Gasteiger partial charge in [0.2, 0.25) is 0 Å². The lowest BCUT2D eigenvalue weighted by atomic mass is 10.0. The Kier molecular flexibility index (Phi) is 6.86. The van der Waals surface area contributed by atoms with E-state index in [1.807, 2.05) is 6.92 Å². The fourth-order valence-corrected chi connectivity index (χ4v) is 3.13. The van der Waals surface area contributed by atoms with Gasteiger partial charge in [0.15, 0.2) is 5.78 Å². The quantitative estimate of drug-likeness (QED) is 0.393. The van der Waals surface area contributed by atoms with Crippen molar-refractivity contribution in [1.82, 2.24) is 4.90 Å². The molecule has 0 bridgehead atoms. The van der Waals surface area contributed by atoms with E-state index in [2.05, 4.69) is 6.58 Å². The van der Waals surface area contributed by atoms with Gasteiger partial charge in [-0.3, -0.25) is 14.4 Å². The lowest BCUT2D eigenvalue weighted by Gasteiger charge is -2.21. The third kappa shape index (κ3) is 4.67. The number of hydrogen-bond acceptors (Lipinski definition) is 4. The van der Waals surface area contributed by atoms with Crippen LogP contribution in [0.5, 0.6) is 0 Å². The van der Waals surface area contributed by atoms with Crippen LogP contribution in [0.4, 0.5) is 0 Å². The summed E-state index contributed by atoms with van der Waals surface area (Å²) in [6.07, 6.45) is 4.17. The van der Waals surface area contributed by atoms with E-state index in [1.54, 1.807) is 25.1 Å². The van der Waals surface area contributed by atoms with Crippen LogP contribution < -0.4 is 0 Å². The molecule has 140 valence electrons. The molecule has 1 N–H and O–H groups in total. The molecule has 1 aliphatic rings. The van der Waals surface area contributed by atoms with Gasteiger partial charge in [0.05, 0.1) is 11.1 Å². The Labute approximate surface area is 154 Å². The zero-order chi connectivity index (χ0) is 19.3. The highest BCUT2D eigenvalue weighted by atomic mass is 16.3. The number of carbonyl (C=O) groups is 3. The smallest absolute Gasteiger partial charge is 0.263 e. The Morgan fingerprint density at radius 1 is 1.08 bits per heavy atom. The van der Waals surface area contributed by atoms with E-state index in [9.17, 15) is 19.5 Å². The normalized spacial score (nSPS) is 14.5. The second-order valence-electron chi connectivity index (χ2n) is 7.02. The maximum atomic E-state index is 12.4. The first-order valence-electron chi connectivity index (χ1n) is 9.18. The first-order valence-corrected chi connectivity index (χ1v) is 9.18. The van der Waals surface area contributed by atoms with Gasteiger partial charge in [-0.15, -0.1) is 0 Å². The van der Waals surface area contributed by atoms with Gasteiger partial charge in [-0.25, -0.2) is 4.90 Å². The number of unbranched alkanes of at least 4 members (excludes halogenated alkanes) is 4. The summed E-state index contributed by atoms with van der Waals surface area (Å²) in [4.78, 5) is 37.2. The molecular weight excluding hydrogens is 330 g/mol. The van der Waals surface area contributed by atoms with Crippen molar-refractivity contribution in [3.05, 3.63) is 47.0 Å². The summed E-state index contributed by atoms with van der Waals surface area (Å²) in [5.74, 6) is -0.725. The highest BCUT2D eigenvalue weighted by Gasteiger charge is 2.39. The molecule has 0 saturated carbocycles. The largest absolute Gasteiger partial charge is 0.373 e. The molecule has 0 fully saturated rings. The standard InChI is InChI=1S/C21H27NO4/c1-14(2)18(23)9-7-5-4-6-8-10-19(24)22-20(25)16-12-11-15(3)13-17(16)21(22)26/h11-13,19,24H,1,4-10H2,2-3H3. The number of hydrogen-bond donors (Lipinski definition) is 1. The highest BCUT2D eigenvalue weighted by molar-refractivity contribution is 6.21. The SMILES string of the molecule is C=C(C)C(=O)CCCCCCCC(O)N1C(=O)c2ccc(C)cc2C1=O. The van der Waals surface area contributed by atoms with Gasteiger partial charge < -0.3 is 5.11 Å². The maximum Gasteiger partial charge on any atom is 0.263 e. The Bertz CT molecular complexity index is 723. The molecule has 1 aromatic rings. The Morgan fingerprint density at radius 2 is 1.69 bits per heavy atom. The zero-order valence-corrected chi connectivity index (χ0v) is 15.6. The van der Waals surface area contributed by atoms with Gasteiger partial charge in [0.25, 0.3) is 11.8 Å². The number of aliphatic hydroxyl groups excluding tert-OH is 1. The lowest BCUT2D eigenvalue weighted by molar-refractivity contribution is -0.115. The van der Waals surface area contributed by atoms with Crippen LogP contribution in [0, 0.1) is 6.92 Å². The van der Waals surface area contributed by atoms with Gasteiger partial charge in [0, 0.05) is 6.42 Å². The first kappa shape index (κ1) is 20.0. The van der Waals surface area contributed by atoms with Crippen LogP contribution in [0.2, 0.25) is 0 Å². The van der Waals surface area contributed by atoms with Crippen molar-refractivity contribution in [1.29, 1.82) is 0 Å². The van der Waals surface area contributed by atoms with E-state index in [1.165, 1.54) is 0 Å². The van der Waals surface area contributed by atoms with Crippen molar-refractivity contribution in [2.45, 2.75) is 65.0 Å². The van der Waals surface area contributed by atoms with Crippen LogP contribution in [-0.4, -0.2) is 33.8 Å².